The number of sulfonamides is 1. The predicted octanol–water partition coefficient (Wildman–Crippen LogP) is -0.0915. The molecule has 0 saturated carbocycles. The summed E-state index contributed by atoms with van der Waals surface area (Å²) in [5, 5.41) is 2.55. The van der Waals surface area contributed by atoms with Crippen LogP contribution in [-0.2, 0) is 29.1 Å². The SMILES string of the molecule is C=CCOC(C)C(=O)OCC(=O)NCCCN(C)S(=O)(=O)CC. The monoisotopic (exact) mass is 350 g/mol. The second kappa shape index (κ2) is 11.1. The van der Waals surface area contributed by atoms with Gasteiger partial charge in [-0.1, -0.05) is 6.08 Å². The smallest absolute Gasteiger partial charge is 0.335 e. The standard InChI is InChI=1S/C14H26N2O6S/c1-5-10-21-12(3)14(18)22-11-13(17)15-8-7-9-16(4)23(19,20)6-2/h5,12H,1,6-11H2,2-4H3,(H,15,17). The predicted molar refractivity (Wildman–Crippen MR) is 86.3 cm³/mol. The molecule has 0 heterocycles. The van der Waals surface area contributed by atoms with Crippen LogP contribution in [0.4, 0.5) is 0 Å². The highest BCUT2D eigenvalue weighted by atomic mass is 32.2. The van der Waals surface area contributed by atoms with Crippen molar-refractivity contribution in [2.24, 2.45) is 0 Å². The number of amides is 1. The van der Waals surface area contributed by atoms with Crippen LogP contribution in [0, 0.1) is 0 Å². The van der Waals surface area contributed by atoms with E-state index in [1.807, 2.05) is 0 Å². The van der Waals surface area contributed by atoms with E-state index in [0.29, 0.717) is 19.5 Å². The zero-order valence-corrected chi connectivity index (χ0v) is 14.7. The molecule has 1 amide bonds. The van der Waals surface area contributed by atoms with Gasteiger partial charge in [-0.25, -0.2) is 17.5 Å². The molecule has 0 radical (unpaired) electrons. The van der Waals surface area contributed by atoms with Crippen molar-refractivity contribution in [3.05, 3.63) is 12.7 Å². The molecule has 0 aromatic carbocycles. The molecule has 0 fully saturated rings. The molecular weight excluding hydrogens is 324 g/mol. The summed E-state index contributed by atoms with van der Waals surface area (Å²) in [5.74, 6) is -1.04. The second-order valence-corrected chi connectivity index (χ2v) is 7.16. The lowest BCUT2D eigenvalue weighted by atomic mass is 10.4. The fraction of sp³-hybridized carbons (Fsp3) is 0.714. The molecule has 23 heavy (non-hydrogen) atoms. The zero-order chi connectivity index (χ0) is 17.9. The van der Waals surface area contributed by atoms with Crippen LogP contribution >= 0.6 is 0 Å². The first-order chi connectivity index (χ1) is 10.7. The van der Waals surface area contributed by atoms with Crippen LogP contribution in [0.1, 0.15) is 20.3 Å². The van der Waals surface area contributed by atoms with Gasteiger partial charge in [0.25, 0.3) is 5.91 Å². The lowest BCUT2D eigenvalue weighted by molar-refractivity contribution is -0.158. The van der Waals surface area contributed by atoms with Crippen molar-refractivity contribution >= 4 is 21.9 Å². The molecule has 0 aliphatic rings. The Morgan fingerprint density at radius 1 is 1.39 bits per heavy atom. The molecule has 0 saturated heterocycles. The van der Waals surface area contributed by atoms with Gasteiger partial charge in [0.05, 0.1) is 12.4 Å². The summed E-state index contributed by atoms with van der Waals surface area (Å²) < 4.78 is 34.1. The summed E-state index contributed by atoms with van der Waals surface area (Å²) in [6, 6.07) is 0. The highest BCUT2D eigenvalue weighted by molar-refractivity contribution is 7.89. The molecule has 1 atom stereocenters. The molecule has 0 spiro atoms. The van der Waals surface area contributed by atoms with Gasteiger partial charge in [0.2, 0.25) is 10.0 Å². The van der Waals surface area contributed by atoms with E-state index in [9.17, 15) is 18.0 Å². The Labute approximate surface area is 137 Å². The van der Waals surface area contributed by atoms with Crippen LogP contribution < -0.4 is 5.32 Å². The normalized spacial score (nSPS) is 12.7. The minimum Gasteiger partial charge on any atom is -0.454 e. The molecular formula is C14H26N2O6S. The van der Waals surface area contributed by atoms with Crippen LogP contribution in [0.5, 0.6) is 0 Å². The summed E-state index contributed by atoms with van der Waals surface area (Å²) in [4.78, 5) is 23.0. The van der Waals surface area contributed by atoms with Gasteiger partial charge < -0.3 is 14.8 Å². The number of ether oxygens (including phenoxy) is 2. The Kier molecular flexibility index (Phi) is 10.4. The van der Waals surface area contributed by atoms with Crippen molar-refractivity contribution in [1.82, 2.24) is 9.62 Å². The molecule has 0 aromatic heterocycles. The van der Waals surface area contributed by atoms with Gasteiger partial charge in [-0.2, -0.15) is 0 Å². The lowest BCUT2D eigenvalue weighted by Crippen LogP contribution is -2.35. The first-order valence-electron chi connectivity index (χ1n) is 7.34. The average Bonchev–Trinajstić information content (AvgIpc) is 2.53. The molecule has 0 aromatic rings. The Hall–Kier alpha value is -1.45. The highest BCUT2D eigenvalue weighted by Gasteiger charge is 2.16. The maximum Gasteiger partial charge on any atom is 0.335 e. The summed E-state index contributed by atoms with van der Waals surface area (Å²) in [6.07, 6.45) is 1.20. The maximum absolute atomic E-state index is 11.5. The zero-order valence-electron chi connectivity index (χ0n) is 13.9. The third kappa shape index (κ3) is 9.32. The number of hydrogen-bond donors (Lipinski definition) is 1. The van der Waals surface area contributed by atoms with Gasteiger partial charge in [-0.3, -0.25) is 4.79 Å². The number of rotatable bonds is 12. The first-order valence-corrected chi connectivity index (χ1v) is 8.95. The van der Waals surface area contributed by atoms with Crippen LogP contribution in [0.15, 0.2) is 12.7 Å². The summed E-state index contributed by atoms with van der Waals surface area (Å²) in [7, 11) is -1.71. The molecule has 1 N–H and O–H groups in total. The van der Waals surface area contributed by atoms with Crippen molar-refractivity contribution < 1.29 is 27.5 Å². The molecule has 9 heteroatoms. The first kappa shape index (κ1) is 21.6. The Balaban J connectivity index is 3.88. The third-order valence-electron chi connectivity index (χ3n) is 2.95. The quantitative estimate of drug-likeness (QED) is 0.300. The number of carbonyl (C=O) groups is 2. The molecule has 0 aliphatic heterocycles. The van der Waals surface area contributed by atoms with E-state index in [0.717, 1.165) is 0 Å². The Bertz CT molecular complexity index is 491. The summed E-state index contributed by atoms with van der Waals surface area (Å²) in [6.45, 7) is 6.97. The van der Waals surface area contributed by atoms with Gasteiger partial charge in [0.15, 0.2) is 12.7 Å². The third-order valence-corrected chi connectivity index (χ3v) is 4.82. The van der Waals surface area contributed by atoms with Crippen LogP contribution in [0.2, 0.25) is 0 Å². The van der Waals surface area contributed by atoms with E-state index in [1.165, 1.54) is 24.4 Å². The minimum absolute atomic E-state index is 0.0396. The molecule has 1 unspecified atom stereocenters. The van der Waals surface area contributed by atoms with Gasteiger partial charge in [0.1, 0.15) is 0 Å². The van der Waals surface area contributed by atoms with E-state index >= 15 is 0 Å². The molecule has 134 valence electrons. The Morgan fingerprint density at radius 2 is 2.04 bits per heavy atom. The maximum atomic E-state index is 11.5. The summed E-state index contributed by atoms with van der Waals surface area (Å²) >= 11 is 0. The summed E-state index contributed by atoms with van der Waals surface area (Å²) in [5.41, 5.74) is 0. The second-order valence-electron chi connectivity index (χ2n) is 4.80. The molecule has 0 rings (SSSR count). The van der Waals surface area contributed by atoms with E-state index < -0.39 is 34.6 Å². The van der Waals surface area contributed by atoms with Crippen LogP contribution in [0.25, 0.3) is 0 Å². The molecule has 0 bridgehead atoms. The Morgan fingerprint density at radius 3 is 2.61 bits per heavy atom. The van der Waals surface area contributed by atoms with Gasteiger partial charge in [-0.05, 0) is 20.3 Å². The minimum atomic E-state index is -3.21. The van der Waals surface area contributed by atoms with Crippen molar-refractivity contribution in [2.75, 3.05) is 39.1 Å². The van der Waals surface area contributed by atoms with Crippen molar-refractivity contribution in [3.63, 3.8) is 0 Å². The largest absolute Gasteiger partial charge is 0.454 e. The van der Waals surface area contributed by atoms with Crippen LogP contribution in [0.3, 0.4) is 0 Å². The highest BCUT2D eigenvalue weighted by Crippen LogP contribution is 1.98. The van der Waals surface area contributed by atoms with E-state index in [1.54, 1.807) is 6.92 Å². The molecule has 0 aliphatic carbocycles. The van der Waals surface area contributed by atoms with Crippen molar-refractivity contribution in [1.29, 1.82) is 0 Å². The topological polar surface area (TPSA) is 102 Å². The average molecular weight is 350 g/mol. The lowest BCUT2D eigenvalue weighted by Gasteiger charge is -2.16. The number of carbonyl (C=O) groups excluding carboxylic acids is 2. The fourth-order valence-corrected chi connectivity index (χ4v) is 2.32. The number of nitrogens with zero attached hydrogens (tertiary/aromatic N) is 1. The van der Waals surface area contributed by atoms with E-state index in [4.69, 9.17) is 9.47 Å². The van der Waals surface area contributed by atoms with E-state index in [-0.39, 0.29) is 12.4 Å². The van der Waals surface area contributed by atoms with Crippen molar-refractivity contribution in [2.45, 2.75) is 26.4 Å². The number of esters is 1. The molecule has 8 nitrogen and oxygen atoms in total. The van der Waals surface area contributed by atoms with Gasteiger partial charge in [0, 0.05) is 20.1 Å². The number of hydrogen-bond acceptors (Lipinski definition) is 6. The van der Waals surface area contributed by atoms with Crippen LogP contribution in [-0.4, -0.2) is 69.8 Å². The van der Waals surface area contributed by atoms with Gasteiger partial charge >= 0.3 is 5.97 Å². The fourth-order valence-electron chi connectivity index (χ4n) is 1.47. The van der Waals surface area contributed by atoms with Crippen molar-refractivity contribution in [3.8, 4) is 0 Å². The van der Waals surface area contributed by atoms with E-state index in [2.05, 4.69) is 11.9 Å². The van der Waals surface area contributed by atoms with Gasteiger partial charge in [-0.15, -0.1) is 6.58 Å². The number of nitrogens with one attached hydrogen (secondary N) is 1.